The molecule has 0 radical (unpaired) electrons. The predicted octanol–water partition coefficient (Wildman–Crippen LogP) is 2.25. The Bertz CT molecular complexity index is 541. The molecule has 0 bridgehead atoms. The van der Waals surface area contributed by atoms with E-state index in [9.17, 15) is 4.79 Å². The maximum Gasteiger partial charge on any atom is 0.266 e. The van der Waals surface area contributed by atoms with Crippen molar-refractivity contribution in [3.8, 4) is 5.75 Å². The number of hydrogen-bond donors (Lipinski definition) is 1. The highest BCUT2D eigenvalue weighted by atomic mass is 32.2. The summed E-state index contributed by atoms with van der Waals surface area (Å²) in [6.45, 7) is 3.45. The molecule has 1 amide bonds. The molecule has 106 valence electrons. The fourth-order valence-corrected chi connectivity index (χ4v) is 3.11. The highest BCUT2D eigenvalue weighted by Crippen LogP contribution is 2.32. The lowest BCUT2D eigenvalue weighted by atomic mass is 10.2. The van der Waals surface area contributed by atoms with Crippen LogP contribution in [0.5, 0.6) is 5.75 Å². The third-order valence-electron chi connectivity index (χ3n) is 2.72. The zero-order chi connectivity index (χ0) is 14.5. The SMILES string of the molecule is CCOc1ccc(/C=C2/SC(=S)N(CCN)C2=O)cc1. The number of nitrogens with two attached hydrogens (primary N) is 1. The molecule has 20 heavy (non-hydrogen) atoms. The van der Waals surface area contributed by atoms with Crippen molar-refractivity contribution in [3.63, 3.8) is 0 Å². The number of thiocarbonyl (C=S) groups is 1. The Labute approximate surface area is 128 Å². The van der Waals surface area contributed by atoms with Crippen molar-refractivity contribution in [1.29, 1.82) is 0 Å². The van der Waals surface area contributed by atoms with Gasteiger partial charge in [0.2, 0.25) is 0 Å². The minimum Gasteiger partial charge on any atom is -0.494 e. The Morgan fingerprint density at radius 2 is 2.10 bits per heavy atom. The van der Waals surface area contributed by atoms with Crippen molar-refractivity contribution in [2.24, 2.45) is 5.73 Å². The van der Waals surface area contributed by atoms with Crippen LogP contribution in [0.25, 0.3) is 6.08 Å². The lowest BCUT2D eigenvalue weighted by molar-refractivity contribution is -0.122. The molecule has 4 nitrogen and oxygen atoms in total. The molecule has 1 fully saturated rings. The minimum atomic E-state index is -0.0701. The van der Waals surface area contributed by atoms with Gasteiger partial charge in [0.15, 0.2) is 0 Å². The summed E-state index contributed by atoms with van der Waals surface area (Å²) in [6.07, 6.45) is 1.84. The Balaban J connectivity index is 2.15. The molecule has 0 unspecified atom stereocenters. The molecule has 0 spiro atoms. The molecule has 1 aliphatic heterocycles. The standard InChI is InChI=1S/C14H16N2O2S2/c1-2-18-11-5-3-10(4-6-11)9-12-13(17)16(8-7-15)14(19)20-12/h3-6,9H,2,7-8,15H2,1H3/b12-9+. The van der Waals surface area contributed by atoms with Gasteiger partial charge in [-0.05, 0) is 30.7 Å². The molecule has 0 saturated carbocycles. The third kappa shape index (κ3) is 3.39. The van der Waals surface area contributed by atoms with Gasteiger partial charge in [-0.25, -0.2) is 0 Å². The minimum absolute atomic E-state index is 0.0701. The molecule has 1 aromatic carbocycles. The molecule has 1 saturated heterocycles. The second kappa shape index (κ2) is 6.88. The van der Waals surface area contributed by atoms with Crippen LogP contribution in [0.2, 0.25) is 0 Å². The van der Waals surface area contributed by atoms with Gasteiger partial charge in [-0.2, -0.15) is 0 Å². The zero-order valence-corrected chi connectivity index (χ0v) is 12.8. The number of carbonyl (C=O) groups is 1. The summed E-state index contributed by atoms with van der Waals surface area (Å²) in [5.41, 5.74) is 6.43. The lowest BCUT2D eigenvalue weighted by Gasteiger charge is -2.11. The number of carbonyl (C=O) groups excluding carboxylic acids is 1. The van der Waals surface area contributed by atoms with Crippen molar-refractivity contribution < 1.29 is 9.53 Å². The molecule has 0 aliphatic carbocycles. The predicted molar refractivity (Wildman–Crippen MR) is 86.5 cm³/mol. The van der Waals surface area contributed by atoms with Gasteiger partial charge in [0.25, 0.3) is 5.91 Å². The van der Waals surface area contributed by atoms with Gasteiger partial charge >= 0.3 is 0 Å². The number of amides is 1. The van der Waals surface area contributed by atoms with Crippen LogP contribution in [-0.2, 0) is 4.79 Å². The Morgan fingerprint density at radius 1 is 1.40 bits per heavy atom. The van der Waals surface area contributed by atoms with Gasteiger partial charge in [-0.15, -0.1) is 0 Å². The van der Waals surface area contributed by atoms with Gasteiger partial charge in [-0.3, -0.25) is 9.69 Å². The molecule has 1 aliphatic rings. The fraction of sp³-hybridized carbons (Fsp3) is 0.286. The van der Waals surface area contributed by atoms with Crippen molar-refractivity contribution in [2.75, 3.05) is 19.7 Å². The molecule has 0 aromatic heterocycles. The van der Waals surface area contributed by atoms with E-state index >= 15 is 0 Å². The highest BCUT2D eigenvalue weighted by Gasteiger charge is 2.31. The van der Waals surface area contributed by atoms with Crippen LogP contribution in [0.1, 0.15) is 12.5 Å². The molecule has 1 aromatic rings. The maximum absolute atomic E-state index is 12.1. The van der Waals surface area contributed by atoms with Crippen LogP contribution in [-0.4, -0.2) is 34.8 Å². The average Bonchev–Trinajstić information content (AvgIpc) is 2.69. The van der Waals surface area contributed by atoms with Crippen molar-refractivity contribution in [2.45, 2.75) is 6.92 Å². The van der Waals surface area contributed by atoms with Gasteiger partial charge in [0.05, 0.1) is 11.5 Å². The molecule has 2 rings (SSSR count). The first-order valence-corrected chi connectivity index (χ1v) is 7.56. The van der Waals surface area contributed by atoms with Crippen LogP contribution in [0.3, 0.4) is 0 Å². The first-order chi connectivity index (χ1) is 9.65. The molecular formula is C14H16N2O2S2. The number of hydrogen-bond acceptors (Lipinski definition) is 5. The summed E-state index contributed by atoms with van der Waals surface area (Å²) in [4.78, 5) is 14.3. The van der Waals surface area contributed by atoms with Crippen molar-refractivity contribution >= 4 is 40.3 Å². The van der Waals surface area contributed by atoms with Crippen LogP contribution in [0.4, 0.5) is 0 Å². The third-order valence-corrected chi connectivity index (χ3v) is 4.09. The Morgan fingerprint density at radius 3 is 2.70 bits per heavy atom. The summed E-state index contributed by atoms with van der Waals surface area (Å²) < 4.78 is 5.95. The van der Waals surface area contributed by atoms with Crippen molar-refractivity contribution in [3.05, 3.63) is 34.7 Å². The van der Waals surface area contributed by atoms with Crippen LogP contribution in [0, 0.1) is 0 Å². The summed E-state index contributed by atoms with van der Waals surface area (Å²) >= 11 is 6.50. The number of thioether (sulfide) groups is 1. The number of rotatable bonds is 5. The second-order valence-electron chi connectivity index (χ2n) is 4.12. The summed E-state index contributed by atoms with van der Waals surface area (Å²) in [6, 6.07) is 7.60. The summed E-state index contributed by atoms with van der Waals surface area (Å²) in [5, 5.41) is 0. The first kappa shape index (κ1) is 15.0. The van der Waals surface area contributed by atoms with Crippen molar-refractivity contribution in [1.82, 2.24) is 4.90 Å². The number of nitrogens with zero attached hydrogens (tertiary/aromatic N) is 1. The zero-order valence-electron chi connectivity index (χ0n) is 11.2. The second-order valence-corrected chi connectivity index (χ2v) is 5.80. The van der Waals surface area contributed by atoms with Gasteiger partial charge in [0.1, 0.15) is 10.1 Å². The van der Waals surface area contributed by atoms with E-state index in [1.165, 1.54) is 11.8 Å². The maximum atomic E-state index is 12.1. The smallest absolute Gasteiger partial charge is 0.266 e. The topological polar surface area (TPSA) is 55.6 Å². The average molecular weight is 308 g/mol. The Kier molecular flexibility index (Phi) is 5.17. The van der Waals surface area contributed by atoms with E-state index in [-0.39, 0.29) is 5.91 Å². The van der Waals surface area contributed by atoms with E-state index in [2.05, 4.69) is 0 Å². The molecule has 0 atom stereocenters. The normalized spacial score (nSPS) is 17.1. The number of benzene rings is 1. The molecule has 2 N–H and O–H groups in total. The summed E-state index contributed by atoms with van der Waals surface area (Å²) in [7, 11) is 0. The van der Waals surface area contributed by atoms with Crippen LogP contribution < -0.4 is 10.5 Å². The highest BCUT2D eigenvalue weighted by molar-refractivity contribution is 8.26. The quantitative estimate of drug-likeness (QED) is 0.668. The number of ether oxygens (including phenoxy) is 1. The van der Waals surface area contributed by atoms with E-state index < -0.39 is 0 Å². The van der Waals surface area contributed by atoms with Crippen LogP contribution >= 0.6 is 24.0 Å². The summed E-state index contributed by atoms with van der Waals surface area (Å²) in [5.74, 6) is 0.750. The largest absolute Gasteiger partial charge is 0.494 e. The first-order valence-electron chi connectivity index (χ1n) is 6.34. The Hall–Kier alpha value is -1.37. The van der Waals surface area contributed by atoms with E-state index in [0.717, 1.165) is 11.3 Å². The van der Waals surface area contributed by atoms with Gasteiger partial charge in [-0.1, -0.05) is 36.1 Å². The molecular weight excluding hydrogens is 292 g/mol. The fourth-order valence-electron chi connectivity index (χ4n) is 1.80. The van der Waals surface area contributed by atoms with Gasteiger partial charge < -0.3 is 10.5 Å². The van der Waals surface area contributed by atoms with E-state index in [0.29, 0.717) is 28.9 Å². The van der Waals surface area contributed by atoms with Gasteiger partial charge in [0, 0.05) is 13.1 Å². The van der Waals surface area contributed by atoms with E-state index in [1.807, 2.05) is 37.3 Å². The lowest BCUT2D eigenvalue weighted by Crippen LogP contribution is -2.32. The van der Waals surface area contributed by atoms with E-state index in [1.54, 1.807) is 4.90 Å². The monoisotopic (exact) mass is 308 g/mol. The van der Waals surface area contributed by atoms with Crippen LogP contribution in [0.15, 0.2) is 29.2 Å². The molecule has 1 heterocycles. The molecule has 6 heteroatoms. The van der Waals surface area contributed by atoms with E-state index in [4.69, 9.17) is 22.7 Å².